The first-order valence-corrected chi connectivity index (χ1v) is 8.34. The minimum absolute atomic E-state index is 0.0169. The molecule has 2 aromatic rings. The van der Waals surface area contributed by atoms with E-state index in [1.165, 1.54) is 24.3 Å². The van der Waals surface area contributed by atoms with Crippen molar-refractivity contribution in [1.29, 1.82) is 0 Å². The van der Waals surface area contributed by atoms with Gasteiger partial charge in [-0.25, -0.2) is 8.42 Å². The van der Waals surface area contributed by atoms with Gasteiger partial charge in [0.25, 0.3) is 5.70 Å². The third kappa shape index (κ3) is 4.62. The minimum atomic E-state index is -3.87. The molecule has 0 N–H and O–H groups in total. The highest BCUT2D eigenvalue weighted by molar-refractivity contribution is 7.94. The van der Waals surface area contributed by atoms with Crippen LogP contribution in [0.3, 0.4) is 0 Å². The summed E-state index contributed by atoms with van der Waals surface area (Å²) >= 11 is 0. The van der Waals surface area contributed by atoms with Crippen LogP contribution >= 0.6 is 0 Å². The van der Waals surface area contributed by atoms with Crippen LogP contribution in [0.2, 0.25) is 0 Å². The van der Waals surface area contributed by atoms with E-state index in [2.05, 4.69) is 0 Å². The summed E-state index contributed by atoms with van der Waals surface area (Å²) in [6.45, 7) is 1.90. The third-order valence-electron chi connectivity index (χ3n) is 3.05. The molecule has 118 valence electrons. The Morgan fingerprint density at radius 2 is 1.78 bits per heavy atom. The first kappa shape index (κ1) is 16.6. The summed E-state index contributed by atoms with van der Waals surface area (Å²) in [4.78, 5) is 10.4. The fourth-order valence-electron chi connectivity index (χ4n) is 1.94. The second kappa shape index (κ2) is 7.02. The normalized spacial score (nSPS) is 12.5. The molecule has 0 fully saturated rings. The third-order valence-corrected chi connectivity index (χ3v) is 4.53. The molecule has 5 nitrogen and oxygen atoms in total. The predicted octanol–water partition coefficient (Wildman–Crippen LogP) is 3.60. The van der Waals surface area contributed by atoms with Crippen molar-refractivity contribution in [3.8, 4) is 0 Å². The van der Waals surface area contributed by atoms with Crippen molar-refractivity contribution in [3.63, 3.8) is 0 Å². The maximum Gasteiger partial charge on any atom is 0.281 e. The Balaban J connectivity index is 2.37. The van der Waals surface area contributed by atoms with Gasteiger partial charge in [-0.15, -0.1) is 0 Å². The first-order valence-electron chi connectivity index (χ1n) is 6.79. The SMILES string of the molecule is Cc1cccc(/C=C/C(=C/S(=O)(=O)c2ccccc2)[N+](=O)[O-])c1. The summed E-state index contributed by atoms with van der Waals surface area (Å²) in [7, 11) is -3.87. The molecule has 0 aliphatic heterocycles. The van der Waals surface area contributed by atoms with E-state index in [9.17, 15) is 18.5 Å². The van der Waals surface area contributed by atoms with E-state index >= 15 is 0 Å². The molecule has 6 heteroatoms. The van der Waals surface area contributed by atoms with E-state index < -0.39 is 20.5 Å². The smallest absolute Gasteiger partial charge is 0.258 e. The second-order valence-corrected chi connectivity index (χ2v) is 6.70. The summed E-state index contributed by atoms with van der Waals surface area (Å²) in [6.07, 6.45) is 2.71. The lowest BCUT2D eigenvalue weighted by Gasteiger charge is -1.99. The number of sulfone groups is 1. The van der Waals surface area contributed by atoms with Crippen LogP contribution in [0.25, 0.3) is 6.08 Å². The zero-order chi connectivity index (χ0) is 16.9. The molecule has 0 bridgehead atoms. The molecular formula is C17H15NO4S. The van der Waals surface area contributed by atoms with Gasteiger partial charge in [0.2, 0.25) is 9.84 Å². The van der Waals surface area contributed by atoms with E-state index in [0.717, 1.165) is 11.1 Å². The maximum absolute atomic E-state index is 12.2. The largest absolute Gasteiger partial charge is 0.281 e. The highest BCUT2D eigenvalue weighted by Gasteiger charge is 2.17. The number of aryl methyl sites for hydroxylation is 1. The lowest BCUT2D eigenvalue weighted by molar-refractivity contribution is -0.418. The van der Waals surface area contributed by atoms with Crippen molar-refractivity contribution >= 4 is 15.9 Å². The second-order valence-electron chi connectivity index (χ2n) is 4.91. The van der Waals surface area contributed by atoms with E-state index in [1.807, 2.05) is 25.1 Å². The van der Waals surface area contributed by atoms with Crippen molar-refractivity contribution in [2.24, 2.45) is 0 Å². The zero-order valence-electron chi connectivity index (χ0n) is 12.4. The molecule has 2 aromatic carbocycles. The van der Waals surface area contributed by atoms with Crippen LogP contribution in [0.4, 0.5) is 0 Å². The Kier molecular flexibility index (Phi) is 5.08. The average molecular weight is 329 g/mol. The van der Waals surface area contributed by atoms with Crippen molar-refractivity contribution in [1.82, 2.24) is 0 Å². The molecule has 2 rings (SSSR count). The summed E-state index contributed by atoms with van der Waals surface area (Å²) in [5, 5.41) is 11.8. The summed E-state index contributed by atoms with van der Waals surface area (Å²) in [5.74, 6) is 0. The molecule has 0 radical (unpaired) electrons. The topological polar surface area (TPSA) is 77.3 Å². The van der Waals surface area contributed by atoms with Gasteiger partial charge in [0.1, 0.15) is 5.41 Å². The number of benzene rings is 2. The van der Waals surface area contributed by atoms with Crippen LogP contribution in [0.15, 0.2) is 76.7 Å². The Hall–Kier alpha value is -2.73. The number of allylic oxidation sites excluding steroid dienone is 1. The summed E-state index contributed by atoms with van der Waals surface area (Å²) in [5.41, 5.74) is 1.28. The van der Waals surface area contributed by atoms with E-state index in [1.54, 1.807) is 24.3 Å². The molecule has 0 aliphatic rings. The molecule has 0 saturated heterocycles. The quantitative estimate of drug-likeness (QED) is 0.477. The molecule has 0 spiro atoms. The standard InChI is InChI=1S/C17H15NO4S/c1-14-6-5-7-15(12-14)10-11-16(18(19)20)13-23(21,22)17-8-3-2-4-9-17/h2-13H,1H3/b11-10+,16-13-. The average Bonchev–Trinajstić information content (AvgIpc) is 2.52. The first-order chi connectivity index (χ1) is 10.9. The number of rotatable bonds is 5. The van der Waals surface area contributed by atoms with Crippen molar-refractivity contribution in [2.75, 3.05) is 0 Å². The number of hydrogen-bond acceptors (Lipinski definition) is 4. The summed E-state index contributed by atoms with van der Waals surface area (Å²) in [6, 6.07) is 15.0. The Labute approximate surface area is 134 Å². The van der Waals surface area contributed by atoms with Gasteiger partial charge >= 0.3 is 0 Å². The molecule has 0 saturated carbocycles. The lowest BCUT2D eigenvalue weighted by atomic mass is 10.1. The van der Waals surface area contributed by atoms with Gasteiger partial charge in [0.05, 0.1) is 9.82 Å². The van der Waals surface area contributed by atoms with Crippen LogP contribution < -0.4 is 0 Å². The van der Waals surface area contributed by atoms with Gasteiger partial charge in [-0.05, 0) is 30.7 Å². The Morgan fingerprint density at radius 3 is 2.39 bits per heavy atom. The molecular weight excluding hydrogens is 314 g/mol. The van der Waals surface area contributed by atoms with Crippen LogP contribution in [0, 0.1) is 17.0 Å². The number of hydrogen-bond donors (Lipinski definition) is 0. The van der Waals surface area contributed by atoms with Crippen LogP contribution in [-0.2, 0) is 9.84 Å². The molecule has 0 heterocycles. The molecule has 0 unspecified atom stereocenters. The highest BCUT2D eigenvalue weighted by Crippen LogP contribution is 2.15. The predicted molar refractivity (Wildman–Crippen MR) is 88.9 cm³/mol. The Bertz CT molecular complexity index is 868. The monoisotopic (exact) mass is 329 g/mol. The van der Waals surface area contributed by atoms with Gasteiger partial charge in [-0.2, -0.15) is 0 Å². The Morgan fingerprint density at radius 1 is 1.09 bits per heavy atom. The molecule has 0 amide bonds. The van der Waals surface area contributed by atoms with Crippen molar-refractivity contribution in [2.45, 2.75) is 11.8 Å². The van der Waals surface area contributed by atoms with Gasteiger partial charge in [-0.3, -0.25) is 10.1 Å². The van der Waals surface area contributed by atoms with Crippen LogP contribution in [0.1, 0.15) is 11.1 Å². The fraction of sp³-hybridized carbons (Fsp3) is 0.0588. The van der Waals surface area contributed by atoms with Gasteiger partial charge in [-0.1, -0.05) is 48.0 Å². The lowest BCUT2D eigenvalue weighted by Crippen LogP contribution is -2.02. The van der Waals surface area contributed by atoms with E-state index in [4.69, 9.17) is 0 Å². The van der Waals surface area contributed by atoms with Crippen molar-refractivity contribution in [3.05, 3.63) is 93.0 Å². The highest BCUT2D eigenvalue weighted by atomic mass is 32.2. The minimum Gasteiger partial charge on any atom is -0.258 e. The van der Waals surface area contributed by atoms with Gasteiger partial charge in [0, 0.05) is 6.08 Å². The van der Waals surface area contributed by atoms with E-state index in [0.29, 0.717) is 5.41 Å². The van der Waals surface area contributed by atoms with Crippen LogP contribution in [0.5, 0.6) is 0 Å². The van der Waals surface area contributed by atoms with Gasteiger partial charge < -0.3 is 0 Å². The molecule has 0 aliphatic carbocycles. The number of nitrogens with zero attached hydrogens (tertiary/aromatic N) is 1. The molecule has 0 atom stereocenters. The maximum atomic E-state index is 12.2. The van der Waals surface area contributed by atoms with Gasteiger partial charge in [0.15, 0.2) is 0 Å². The molecule has 23 heavy (non-hydrogen) atoms. The fourth-order valence-corrected chi connectivity index (χ4v) is 3.09. The zero-order valence-corrected chi connectivity index (χ0v) is 13.2. The number of nitro groups is 1. The molecule has 0 aromatic heterocycles. The van der Waals surface area contributed by atoms with E-state index in [-0.39, 0.29) is 4.90 Å². The summed E-state index contributed by atoms with van der Waals surface area (Å²) < 4.78 is 24.4. The van der Waals surface area contributed by atoms with Crippen LogP contribution in [-0.4, -0.2) is 13.3 Å². The van der Waals surface area contributed by atoms with Crippen molar-refractivity contribution < 1.29 is 13.3 Å².